The van der Waals surface area contributed by atoms with Crippen LogP contribution >= 0.6 is 11.6 Å². The van der Waals surface area contributed by atoms with E-state index in [9.17, 15) is 18.0 Å². The Morgan fingerprint density at radius 3 is 2.20 bits per heavy atom. The van der Waals surface area contributed by atoms with E-state index in [-0.39, 0.29) is 23.4 Å². The minimum atomic E-state index is -4.09. The fraction of sp³-hybridized carbons (Fsp3) is 0.375. The quantitative estimate of drug-likeness (QED) is 0.296. The van der Waals surface area contributed by atoms with Crippen molar-refractivity contribution in [3.63, 3.8) is 0 Å². The Kier molecular flexibility index (Phi) is 10.5. The van der Waals surface area contributed by atoms with Crippen molar-refractivity contribution in [1.82, 2.24) is 10.2 Å². The zero-order chi connectivity index (χ0) is 29.4. The van der Waals surface area contributed by atoms with Crippen LogP contribution in [0.4, 0.5) is 5.69 Å². The molecule has 1 aliphatic rings. The van der Waals surface area contributed by atoms with Crippen LogP contribution in [0.1, 0.15) is 57.1 Å². The van der Waals surface area contributed by atoms with Gasteiger partial charge < -0.3 is 10.2 Å². The molecule has 218 valence electrons. The normalized spacial score (nSPS) is 14.7. The molecule has 0 unspecified atom stereocenters. The smallest absolute Gasteiger partial charge is 0.264 e. The molecule has 3 aromatic rings. The van der Waals surface area contributed by atoms with Gasteiger partial charge in [0.25, 0.3) is 10.0 Å². The van der Waals surface area contributed by atoms with Crippen molar-refractivity contribution in [3.8, 4) is 0 Å². The molecule has 0 bridgehead atoms. The van der Waals surface area contributed by atoms with E-state index in [1.165, 1.54) is 17.0 Å². The molecule has 0 spiro atoms. The highest BCUT2D eigenvalue weighted by molar-refractivity contribution is 7.92. The molecule has 0 aromatic heterocycles. The molecule has 4 rings (SSSR count). The van der Waals surface area contributed by atoms with E-state index in [0.29, 0.717) is 16.3 Å². The van der Waals surface area contributed by atoms with E-state index in [1.54, 1.807) is 55.5 Å². The highest BCUT2D eigenvalue weighted by Crippen LogP contribution is 2.26. The van der Waals surface area contributed by atoms with E-state index in [2.05, 4.69) is 5.32 Å². The number of rotatable bonds is 11. The van der Waals surface area contributed by atoms with Crippen molar-refractivity contribution in [1.29, 1.82) is 0 Å². The van der Waals surface area contributed by atoms with Crippen molar-refractivity contribution in [2.75, 3.05) is 10.8 Å². The second-order valence-corrected chi connectivity index (χ2v) is 12.7. The number of hydrogen-bond donors (Lipinski definition) is 1. The summed E-state index contributed by atoms with van der Waals surface area (Å²) in [5.74, 6) is -0.766. The molecule has 1 fully saturated rings. The van der Waals surface area contributed by atoms with Crippen molar-refractivity contribution < 1.29 is 18.0 Å². The monoisotopic (exact) mass is 595 g/mol. The lowest BCUT2D eigenvalue weighted by Crippen LogP contribution is -2.53. The van der Waals surface area contributed by atoms with Gasteiger partial charge in [-0.25, -0.2) is 8.42 Å². The number of anilines is 1. The summed E-state index contributed by atoms with van der Waals surface area (Å²) in [6.07, 6.45) is 5.89. The highest BCUT2D eigenvalue weighted by atomic mass is 35.5. The molecule has 1 saturated carbocycles. The molecule has 1 atom stereocenters. The van der Waals surface area contributed by atoms with Crippen LogP contribution in [0.15, 0.2) is 83.8 Å². The summed E-state index contributed by atoms with van der Waals surface area (Å²) >= 11 is 6.45. The Balaban J connectivity index is 1.67. The molecule has 2 amide bonds. The third kappa shape index (κ3) is 7.68. The molecular weight excluding hydrogens is 558 g/mol. The SMILES string of the molecule is CCc1ccc(N(CC(=O)N(Cc2ccccc2Cl)[C@@H](C)C(=O)NC2CCCCC2)S(=O)(=O)c2ccccc2)cc1. The molecule has 41 heavy (non-hydrogen) atoms. The van der Waals surface area contributed by atoms with Gasteiger partial charge in [0.05, 0.1) is 10.6 Å². The number of carbonyl (C=O) groups is 2. The van der Waals surface area contributed by atoms with Crippen LogP contribution in [0.3, 0.4) is 0 Å². The fourth-order valence-electron chi connectivity index (χ4n) is 5.11. The summed E-state index contributed by atoms with van der Waals surface area (Å²) in [7, 11) is -4.09. The number of benzene rings is 3. The summed E-state index contributed by atoms with van der Waals surface area (Å²) in [6, 6.07) is 21.6. The van der Waals surface area contributed by atoms with Crippen LogP contribution < -0.4 is 9.62 Å². The second kappa shape index (κ2) is 14.0. The highest BCUT2D eigenvalue weighted by Gasteiger charge is 2.33. The lowest BCUT2D eigenvalue weighted by atomic mass is 9.95. The van der Waals surface area contributed by atoms with Gasteiger partial charge in [-0.3, -0.25) is 13.9 Å². The van der Waals surface area contributed by atoms with Crippen molar-refractivity contribution >= 4 is 39.1 Å². The minimum Gasteiger partial charge on any atom is -0.352 e. The van der Waals surface area contributed by atoms with Crippen LogP contribution in [0.2, 0.25) is 5.02 Å². The molecule has 0 aliphatic heterocycles. The third-order valence-electron chi connectivity index (χ3n) is 7.66. The van der Waals surface area contributed by atoms with Crippen LogP contribution in [0.5, 0.6) is 0 Å². The van der Waals surface area contributed by atoms with Gasteiger partial charge in [0.1, 0.15) is 12.6 Å². The minimum absolute atomic E-state index is 0.0613. The molecule has 0 radical (unpaired) electrons. The number of sulfonamides is 1. The number of halogens is 1. The Labute approximate surface area is 248 Å². The molecule has 9 heteroatoms. The molecular formula is C32H38ClN3O4S. The number of carbonyl (C=O) groups excluding carboxylic acids is 2. The first kappa shape index (κ1) is 30.6. The van der Waals surface area contributed by atoms with E-state index in [1.807, 2.05) is 25.1 Å². The summed E-state index contributed by atoms with van der Waals surface area (Å²) < 4.78 is 28.9. The lowest BCUT2D eigenvalue weighted by molar-refractivity contribution is -0.139. The number of aryl methyl sites for hydroxylation is 1. The molecule has 3 aromatic carbocycles. The summed E-state index contributed by atoms with van der Waals surface area (Å²) in [5.41, 5.74) is 2.09. The number of nitrogens with one attached hydrogen (secondary N) is 1. The topological polar surface area (TPSA) is 86.8 Å². The summed E-state index contributed by atoms with van der Waals surface area (Å²) in [5, 5.41) is 3.58. The van der Waals surface area contributed by atoms with Gasteiger partial charge in [0, 0.05) is 17.6 Å². The fourth-order valence-corrected chi connectivity index (χ4v) is 6.74. The third-order valence-corrected chi connectivity index (χ3v) is 9.82. The first-order valence-corrected chi connectivity index (χ1v) is 16.0. The maximum atomic E-state index is 14.1. The maximum absolute atomic E-state index is 14.1. The Hall–Kier alpha value is -3.36. The van der Waals surface area contributed by atoms with Crippen molar-refractivity contribution in [2.24, 2.45) is 0 Å². The Morgan fingerprint density at radius 2 is 1.56 bits per heavy atom. The first-order valence-electron chi connectivity index (χ1n) is 14.2. The molecule has 1 aliphatic carbocycles. The number of amides is 2. The average molecular weight is 596 g/mol. The van der Waals surface area contributed by atoms with Gasteiger partial charge in [0.2, 0.25) is 11.8 Å². The average Bonchev–Trinajstić information content (AvgIpc) is 3.00. The Morgan fingerprint density at radius 1 is 0.927 bits per heavy atom. The van der Waals surface area contributed by atoms with Crippen LogP contribution in [0, 0.1) is 0 Å². The maximum Gasteiger partial charge on any atom is 0.264 e. The van der Waals surface area contributed by atoms with Gasteiger partial charge in [0.15, 0.2) is 0 Å². The number of nitrogens with zero attached hydrogens (tertiary/aromatic N) is 2. The molecule has 0 heterocycles. The molecule has 1 N–H and O–H groups in total. The van der Waals surface area contributed by atoms with E-state index >= 15 is 0 Å². The van der Waals surface area contributed by atoms with Crippen LogP contribution in [0.25, 0.3) is 0 Å². The zero-order valence-electron chi connectivity index (χ0n) is 23.6. The lowest BCUT2D eigenvalue weighted by Gasteiger charge is -2.33. The predicted octanol–water partition coefficient (Wildman–Crippen LogP) is 5.96. The van der Waals surface area contributed by atoms with Gasteiger partial charge in [-0.15, -0.1) is 0 Å². The largest absolute Gasteiger partial charge is 0.352 e. The van der Waals surface area contributed by atoms with E-state index in [0.717, 1.165) is 48.4 Å². The number of hydrogen-bond acceptors (Lipinski definition) is 4. The zero-order valence-corrected chi connectivity index (χ0v) is 25.2. The van der Waals surface area contributed by atoms with Gasteiger partial charge in [-0.2, -0.15) is 0 Å². The van der Waals surface area contributed by atoms with Gasteiger partial charge in [-0.05, 0) is 67.6 Å². The summed E-state index contributed by atoms with van der Waals surface area (Å²) in [4.78, 5) is 29.0. The van der Waals surface area contributed by atoms with E-state index < -0.39 is 28.5 Å². The first-order chi connectivity index (χ1) is 19.7. The Bertz CT molecular complexity index is 1420. The predicted molar refractivity (Wildman–Crippen MR) is 163 cm³/mol. The molecule has 0 saturated heterocycles. The van der Waals surface area contributed by atoms with Crippen LogP contribution in [-0.2, 0) is 32.6 Å². The van der Waals surface area contributed by atoms with Gasteiger partial charge >= 0.3 is 0 Å². The van der Waals surface area contributed by atoms with Crippen LogP contribution in [-0.4, -0.2) is 43.8 Å². The van der Waals surface area contributed by atoms with Crippen molar-refractivity contribution in [2.45, 2.75) is 75.9 Å². The van der Waals surface area contributed by atoms with Gasteiger partial charge in [-0.1, -0.05) is 86.3 Å². The second-order valence-electron chi connectivity index (χ2n) is 10.5. The van der Waals surface area contributed by atoms with E-state index in [4.69, 9.17) is 11.6 Å². The summed E-state index contributed by atoms with van der Waals surface area (Å²) in [6.45, 7) is 3.28. The van der Waals surface area contributed by atoms with Crippen molar-refractivity contribution in [3.05, 3.63) is 95.0 Å². The molecule has 7 nitrogen and oxygen atoms in total. The standard InChI is InChI=1S/C32H38ClN3O4S/c1-3-25-18-20-28(21-19-25)36(41(39,40)29-15-8-5-9-16-29)23-31(37)35(22-26-12-10-11-17-30(26)33)24(2)32(38)34-27-13-6-4-7-14-27/h5,8-12,15-21,24,27H,3-4,6-7,13-14,22-23H2,1-2H3,(H,34,38)/t24-/m0/s1.